The van der Waals surface area contributed by atoms with Crippen molar-refractivity contribution in [2.45, 2.75) is 26.7 Å². The van der Waals surface area contributed by atoms with Gasteiger partial charge in [-0.2, -0.15) is 5.10 Å². The van der Waals surface area contributed by atoms with E-state index in [1.807, 2.05) is 6.92 Å². The van der Waals surface area contributed by atoms with E-state index in [0.717, 1.165) is 21.4 Å². The molecule has 2 rings (SSSR count). The minimum absolute atomic E-state index is 0.446. The van der Waals surface area contributed by atoms with Gasteiger partial charge >= 0.3 is 0 Å². The molecule has 0 aliphatic carbocycles. The minimum Gasteiger partial charge on any atom is -0.241 e. The van der Waals surface area contributed by atoms with E-state index in [9.17, 15) is 0 Å². The molecule has 0 saturated carbocycles. The van der Waals surface area contributed by atoms with Crippen molar-refractivity contribution in [3.63, 3.8) is 0 Å². The summed E-state index contributed by atoms with van der Waals surface area (Å²) in [7, 11) is 0. The van der Waals surface area contributed by atoms with E-state index in [0.29, 0.717) is 5.92 Å². The fourth-order valence-electron chi connectivity index (χ4n) is 1.38. The Balaban J connectivity index is 2.69. The first-order valence-corrected chi connectivity index (χ1v) is 5.39. The van der Waals surface area contributed by atoms with Crippen LogP contribution in [0.4, 0.5) is 0 Å². The van der Waals surface area contributed by atoms with Crippen LogP contribution in [0.2, 0.25) is 0 Å². The van der Waals surface area contributed by atoms with Crippen molar-refractivity contribution >= 4 is 21.4 Å². The van der Waals surface area contributed by atoms with Crippen molar-refractivity contribution in [1.29, 1.82) is 0 Å². The zero-order valence-corrected chi connectivity index (χ0v) is 10.0. The second-order valence-corrected chi connectivity index (χ2v) is 4.49. The Kier molecular flexibility index (Phi) is 2.31. The normalized spacial score (nSPS) is 11.5. The van der Waals surface area contributed by atoms with Gasteiger partial charge in [-0.3, -0.25) is 0 Å². The summed E-state index contributed by atoms with van der Waals surface area (Å²) in [5, 5.41) is 4.32. The third kappa shape index (κ3) is 1.43. The highest BCUT2D eigenvalue weighted by atomic mass is 79.9. The van der Waals surface area contributed by atoms with Gasteiger partial charge in [-0.15, -0.1) is 0 Å². The third-order valence-electron chi connectivity index (χ3n) is 2.24. The van der Waals surface area contributed by atoms with Crippen LogP contribution in [0, 0.1) is 6.92 Å². The second kappa shape index (κ2) is 3.35. The maximum atomic E-state index is 4.34. The van der Waals surface area contributed by atoms with Crippen LogP contribution in [0.25, 0.3) is 5.52 Å². The summed E-state index contributed by atoms with van der Waals surface area (Å²) >= 11 is 3.52. The summed E-state index contributed by atoms with van der Waals surface area (Å²) in [5.74, 6) is 0.446. The van der Waals surface area contributed by atoms with Crippen molar-refractivity contribution in [2.75, 3.05) is 0 Å². The SMILES string of the molecule is Cc1nn2cnc(C(C)C)cc2c1Br. The van der Waals surface area contributed by atoms with Crippen LogP contribution >= 0.6 is 15.9 Å². The van der Waals surface area contributed by atoms with Crippen LogP contribution in [0.3, 0.4) is 0 Å². The van der Waals surface area contributed by atoms with Gasteiger partial charge < -0.3 is 0 Å². The summed E-state index contributed by atoms with van der Waals surface area (Å²) < 4.78 is 2.85. The highest BCUT2D eigenvalue weighted by Gasteiger charge is 2.08. The number of hydrogen-bond donors (Lipinski definition) is 0. The average Bonchev–Trinajstić information content (AvgIpc) is 2.43. The van der Waals surface area contributed by atoms with E-state index >= 15 is 0 Å². The number of fused-ring (bicyclic) bond motifs is 1. The number of hydrogen-bond acceptors (Lipinski definition) is 2. The number of aryl methyl sites for hydroxylation is 1. The quantitative estimate of drug-likeness (QED) is 0.783. The van der Waals surface area contributed by atoms with Gasteiger partial charge in [0, 0.05) is 5.69 Å². The molecule has 0 fully saturated rings. The maximum absolute atomic E-state index is 4.34. The lowest BCUT2D eigenvalue weighted by atomic mass is 10.1. The molecule has 2 heterocycles. The van der Waals surface area contributed by atoms with E-state index in [1.165, 1.54) is 0 Å². The molecule has 0 aromatic carbocycles. The van der Waals surface area contributed by atoms with Crippen molar-refractivity contribution in [1.82, 2.24) is 14.6 Å². The molecule has 74 valence electrons. The predicted octanol–water partition coefficient (Wildman–Crippen LogP) is 2.92. The molecule has 0 N–H and O–H groups in total. The monoisotopic (exact) mass is 253 g/mol. The first-order chi connectivity index (χ1) is 6.59. The first-order valence-electron chi connectivity index (χ1n) is 4.60. The topological polar surface area (TPSA) is 30.2 Å². The number of aromatic nitrogens is 3. The smallest absolute Gasteiger partial charge is 0.117 e. The van der Waals surface area contributed by atoms with E-state index in [2.05, 4.69) is 45.9 Å². The van der Waals surface area contributed by atoms with Gasteiger partial charge in [-0.1, -0.05) is 13.8 Å². The molecule has 4 heteroatoms. The fraction of sp³-hybridized carbons (Fsp3) is 0.400. The molecule has 2 aromatic rings. The molecule has 0 aliphatic rings. The van der Waals surface area contributed by atoms with Crippen molar-refractivity contribution in [3.05, 3.63) is 28.3 Å². The summed E-state index contributed by atoms with van der Waals surface area (Å²) in [6.45, 7) is 6.25. The van der Waals surface area contributed by atoms with Crippen molar-refractivity contribution < 1.29 is 0 Å². The minimum atomic E-state index is 0.446. The van der Waals surface area contributed by atoms with Gasteiger partial charge in [0.1, 0.15) is 6.33 Å². The molecular weight excluding hydrogens is 242 g/mol. The Morgan fingerprint density at radius 1 is 1.43 bits per heavy atom. The average molecular weight is 254 g/mol. The molecule has 0 aliphatic heterocycles. The van der Waals surface area contributed by atoms with Crippen LogP contribution in [-0.4, -0.2) is 14.6 Å². The lowest BCUT2D eigenvalue weighted by Crippen LogP contribution is -1.96. The van der Waals surface area contributed by atoms with Crippen molar-refractivity contribution in [3.8, 4) is 0 Å². The molecule has 14 heavy (non-hydrogen) atoms. The van der Waals surface area contributed by atoms with E-state index < -0.39 is 0 Å². The predicted molar refractivity (Wildman–Crippen MR) is 59.5 cm³/mol. The van der Waals surface area contributed by atoms with Gasteiger partial charge in [-0.25, -0.2) is 9.50 Å². The molecule has 0 atom stereocenters. The van der Waals surface area contributed by atoms with Gasteiger partial charge in [-0.05, 0) is 34.8 Å². The molecule has 0 amide bonds. The number of halogens is 1. The molecule has 0 saturated heterocycles. The second-order valence-electron chi connectivity index (χ2n) is 3.70. The van der Waals surface area contributed by atoms with Gasteiger partial charge in [0.2, 0.25) is 0 Å². The highest BCUT2D eigenvalue weighted by Crippen LogP contribution is 2.23. The Labute approximate surface area is 91.3 Å². The van der Waals surface area contributed by atoms with E-state index in [-0.39, 0.29) is 0 Å². The lowest BCUT2D eigenvalue weighted by Gasteiger charge is -2.03. The van der Waals surface area contributed by atoms with Crippen LogP contribution < -0.4 is 0 Å². The highest BCUT2D eigenvalue weighted by molar-refractivity contribution is 9.10. The Morgan fingerprint density at radius 3 is 2.79 bits per heavy atom. The van der Waals surface area contributed by atoms with Gasteiger partial charge in [0.05, 0.1) is 15.7 Å². The molecule has 2 aromatic heterocycles. The largest absolute Gasteiger partial charge is 0.241 e. The molecule has 0 spiro atoms. The Morgan fingerprint density at radius 2 is 2.14 bits per heavy atom. The Hall–Kier alpha value is -0.900. The maximum Gasteiger partial charge on any atom is 0.117 e. The van der Waals surface area contributed by atoms with Crippen molar-refractivity contribution in [2.24, 2.45) is 0 Å². The molecule has 0 bridgehead atoms. The summed E-state index contributed by atoms with van der Waals surface area (Å²) in [4.78, 5) is 4.34. The zero-order valence-electron chi connectivity index (χ0n) is 8.45. The van der Waals surface area contributed by atoms with Crippen LogP contribution in [-0.2, 0) is 0 Å². The first kappa shape index (κ1) is 9.65. The Bertz CT molecular complexity index is 473. The van der Waals surface area contributed by atoms with E-state index in [1.54, 1.807) is 10.8 Å². The standard InChI is InChI=1S/C10H12BrN3/c1-6(2)8-4-9-10(11)7(3)13-14(9)5-12-8/h4-6H,1-3H3. The molecular formula is C10H12BrN3. The van der Waals surface area contributed by atoms with Gasteiger partial charge in [0.15, 0.2) is 0 Å². The molecule has 0 unspecified atom stereocenters. The summed E-state index contributed by atoms with van der Waals surface area (Å²) in [6, 6.07) is 2.08. The zero-order chi connectivity index (χ0) is 10.3. The van der Waals surface area contributed by atoms with Gasteiger partial charge in [0.25, 0.3) is 0 Å². The molecule has 0 radical (unpaired) electrons. The van der Waals surface area contributed by atoms with E-state index in [4.69, 9.17) is 0 Å². The number of rotatable bonds is 1. The summed E-state index contributed by atoms with van der Waals surface area (Å²) in [5.41, 5.74) is 3.17. The lowest BCUT2D eigenvalue weighted by molar-refractivity contribution is 0.796. The number of nitrogens with zero attached hydrogens (tertiary/aromatic N) is 3. The molecule has 3 nitrogen and oxygen atoms in total. The van der Waals surface area contributed by atoms with Crippen LogP contribution in [0.15, 0.2) is 16.9 Å². The fourth-order valence-corrected chi connectivity index (χ4v) is 1.75. The summed E-state index contributed by atoms with van der Waals surface area (Å²) in [6.07, 6.45) is 1.77. The third-order valence-corrected chi connectivity index (χ3v) is 3.22. The van der Waals surface area contributed by atoms with Crippen LogP contribution in [0.1, 0.15) is 31.2 Å². The van der Waals surface area contributed by atoms with Crippen LogP contribution in [0.5, 0.6) is 0 Å².